The van der Waals surface area contributed by atoms with Crippen molar-refractivity contribution in [2.45, 2.75) is 12.3 Å². The number of nitrogens with one attached hydrogen (secondary N) is 1. The lowest BCUT2D eigenvalue weighted by Gasteiger charge is -1.99. The molecule has 0 aliphatic heterocycles. The molecular formula is C10H11N3O3. The first-order valence-electron chi connectivity index (χ1n) is 4.94. The zero-order chi connectivity index (χ0) is 11.7. The highest BCUT2D eigenvalue weighted by Gasteiger charge is 2.44. The number of nitro groups is 1. The largest absolute Gasteiger partial charge is 0.359 e. The summed E-state index contributed by atoms with van der Waals surface area (Å²) in [5, 5.41) is 13.1. The Kier molecular flexibility index (Phi) is 2.55. The third kappa shape index (κ3) is 1.86. The highest BCUT2D eigenvalue weighted by Crippen LogP contribution is 2.47. The molecule has 1 fully saturated rings. The van der Waals surface area contributed by atoms with E-state index < -0.39 is 4.92 Å². The van der Waals surface area contributed by atoms with Crippen molar-refractivity contribution in [1.29, 1.82) is 0 Å². The van der Waals surface area contributed by atoms with Crippen LogP contribution in [0.3, 0.4) is 0 Å². The number of carbonyl (C=O) groups is 1. The van der Waals surface area contributed by atoms with Gasteiger partial charge in [-0.15, -0.1) is 0 Å². The predicted molar refractivity (Wildman–Crippen MR) is 55.8 cm³/mol. The summed E-state index contributed by atoms with van der Waals surface area (Å²) in [6.45, 7) is 0. The number of rotatable bonds is 3. The molecule has 0 bridgehead atoms. The Morgan fingerprint density at radius 2 is 2.38 bits per heavy atom. The molecule has 1 aromatic rings. The summed E-state index contributed by atoms with van der Waals surface area (Å²) in [6.07, 6.45) is 3.53. The number of nitrogens with zero attached hydrogens (tertiary/aromatic N) is 2. The first-order chi connectivity index (χ1) is 7.63. The molecule has 6 heteroatoms. The maximum atomic E-state index is 11.3. The van der Waals surface area contributed by atoms with E-state index in [0.29, 0.717) is 0 Å². The van der Waals surface area contributed by atoms with Crippen molar-refractivity contribution in [3.63, 3.8) is 0 Å². The van der Waals surface area contributed by atoms with Crippen molar-refractivity contribution in [2.24, 2.45) is 5.92 Å². The highest BCUT2D eigenvalue weighted by molar-refractivity contribution is 5.82. The fraction of sp³-hybridized carbons (Fsp3) is 0.400. The molecule has 1 amide bonds. The van der Waals surface area contributed by atoms with E-state index in [0.717, 1.165) is 12.0 Å². The Labute approximate surface area is 91.8 Å². The molecule has 1 aliphatic carbocycles. The van der Waals surface area contributed by atoms with Crippen LogP contribution in [-0.2, 0) is 4.79 Å². The Bertz CT molecular complexity index is 447. The number of carbonyl (C=O) groups excluding carboxylic acids is 1. The first-order valence-corrected chi connectivity index (χ1v) is 4.94. The first kappa shape index (κ1) is 10.5. The Morgan fingerprint density at radius 1 is 1.62 bits per heavy atom. The number of amides is 1. The molecule has 84 valence electrons. The Balaban J connectivity index is 2.15. The van der Waals surface area contributed by atoms with Crippen LogP contribution in [0.25, 0.3) is 0 Å². The average Bonchev–Trinajstić information content (AvgIpc) is 3.08. The fourth-order valence-electron chi connectivity index (χ4n) is 1.79. The number of hydrogen-bond donors (Lipinski definition) is 1. The predicted octanol–water partition coefficient (Wildman–Crippen LogP) is 0.839. The molecule has 0 saturated heterocycles. The van der Waals surface area contributed by atoms with E-state index in [9.17, 15) is 14.9 Å². The van der Waals surface area contributed by atoms with Gasteiger partial charge in [-0.05, 0) is 17.9 Å². The van der Waals surface area contributed by atoms with E-state index in [-0.39, 0.29) is 23.4 Å². The highest BCUT2D eigenvalue weighted by atomic mass is 16.6. The van der Waals surface area contributed by atoms with Gasteiger partial charge >= 0.3 is 0 Å². The second kappa shape index (κ2) is 3.88. The van der Waals surface area contributed by atoms with E-state index >= 15 is 0 Å². The van der Waals surface area contributed by atoms with E-state index in [1.807, 2.05) is 0 Å². The summed E-state index contributed by atoms with van der Waals surface area (Å²) in [5.41, 5.74) is 0.739. The van der Waals surface area contributed by atoms with Crippen molar-refractivity contribution < 1.29 is 9.72 Å². The van der Waals surface area contributed by atoms with Crippen molar-refractivity contribution in [1.82, 2.24) is 10.3 Å². The van der Waals surface area contributed by atoms with Crippen molar-refractivity contribution >= 4 is 11.6 Å². The maximum absolute atomic E-state index is 11.3. The molecule has 1 saturated carbocycles. The van der Waals surface area contributed by atoms with Gasteiger partial charge in [0.1, 0.15) is 6.20 Å². The van der Waals surface area contributed by atoms with Crippen LogP contribution in [0.2, 0.25) is 0 Å². The zero-order valence-corrected chi connectivity index (χ0v) is 8.71. The van der Waals surface area contributed by atoms with Crippen LogP contribution < -0.4 is 5.32 Å². The minimum Gasteiger partial charge on any atom is -0.359 e. The quantitative estimate of drug-likeness (QED) is 0.605. The van der Waals surface area contributed by atoms with Gasteiger partial charge in [-0.1, -0.05) is 0 Å². The molecule has 2 atom stereocenters. The lowest BCUT2D eigenvalue weighted by atomic mass is 10.1. The fourth-order valence-corrected chi connectivity index (χ4v) is 1.79. The monoisotopic (exact) mass is 221 g/mol. The molecule has 1 aliphatic rings. The van der Waals surface area contributed by atoms with Crippen LogP contribution in [0.5, 0.6) is 0 Å². The molecule has 0 unspecified atom stereocenters. The SMILES string of the molecule is CNC(=O)[C@H]1C[C@@H]1c1cncc([N+](=O)[O-])c1. The van der Waals surface area contributed by atoms with Crippen LogP contribution in [0.4, 0.5) is 5.69 Å². The topological polar surface area (TPSA) is 85.1 Å². The van der Waals surface area contributed by atoms with Gasteiger partial charge in [-0.3, -0.25) is 19.9 Å². The van der Waals surface area contributed by atoms with E-state index in [4.69, 9.17) is 0 Å². The minimum atomic E-state index is -0.478. The molecule has 0 spiro atoms. The van der Waals surface area contributed by atoms with Gasteiger partial charge in [0, 0.05) is 25.2 Å². The van der Waals surface area contributed by atoms with Gasteiger partial charge in [0.15, 0.2) is 0 Å². The molecule has 1 N–H and O–H groups in total. The average molecular weight is 221 g/mol. The Morgan fingerprint density at radius 3 is 3.00 bits per heavy atom. The van der Waals surface area contributed by atoms with Crippen LogP contribution in [0.1, 0.15) is 17.9 Å². The Hall–Kier alpha value is -1.98. The lowest BCUT2D eigenvalue weighted by molar-refractivity contribution is -0.385. The number of hydrogen-bond acceptors (Lipinski definition) is 4. The minimum absolute atomic E-state index is 0.0171. The van der Waals surface area contributed by atoms with E-state index in [1.165, 1.54) is 12.3 Å². The van der Waals surface area contributed by atoms with Crippen molar-refractivity contribution in [3.05, 3.63) is 34.1 Å². The van der Waals surface area contributed by atoms with Gasteiger partial charge < -0.3 is 5.32 Å². The van der Waals surface area contributed by atoms with Crippen molar-refractivity contribution in [3.8, 4) is 0 Å². The summed E-state index contributed by atoms with van der Waals surface area (Å²) < 4.78 is 0. The number of aromatic nitrogens is 1. The van der Waals surface area contributed by atoms with Gasteiger partial charge in [-0.25, -0.2) is 0 Å². The van der Waals surface area contributed by atoms with Crippen LogP contribution >= 0.6 is 0 Å². The van der Waals surface area contributed by atoms with Gasteiger partial charge in [0.25, 0.3) is 5.69 Å². The van der Waals surface area contributed by atoms with Crippen LogP contribution in [0.15, 0.2) is 18.5 Å². The summed E-state index contributed by atoms with van der Waals surface area (Å²) in [6, 6.07) is 1.49. The van der Waals surface area contributed by atoms with Gasteiger partial charge in [0.05, 0.1) is 4.92 Å². The molecule has 6 nitrogen and oxygen atoms in total. The third-order valence-electron chi connectivity index (χ3n) is 2.76. The summed E-state index contributed by atoms with van der Waals surface area (Å²) in [5.74, 6) is -0.00217. The third-order valence-corrected chi connectivity index (χ3v) is 2.76. The molecule has 0 aromatic carbocycles. The molecule has 2 rings (SSSR count). The number of pyridine rings is 1. The standard InChI is InChI=1S/C10H11N3O3/c1-11-10(14)9-3-8(9)6-2-7(13(15)16)5-12-4-6/h2,4-5,8-9H,3H2,1H3,(H,11,14)/t8-,9+/m1/s1. The summed E-state index contributed by atoms with van der Waals surface area (Å²) >= 11 is 0. The van der Waals surface area contributed by atoms with Crippen LogP contribution in [-0.4, -0.2) is 22.9 Å². The van der Waals surface area contributed by atoms with E-state index in [2.05, 4.69) is 10.3 Å². The summed E-state index contributed by atoms with van der Waals surface area (Å²) in [4.78, 5) is 25.2. The second-order valence-corrected chi connectivity index (χ2v) is 3.80. The van der Waals surface area contributed by atoms with Gasteiger partial charge in [0.2, 0.25) is 5.91 Å². The smallest absolute Gasteiger partial charge is 0.287 e. The van der Waals surface area contributed by atoms with Crippen LogP contribution in [0, 0.1) is 16.0 Å². The zero-order valence-electron chi connectivity index (χ0n) is 8.71. The van der Waals surface area contributed by atoms with E-state index in [1.54, 1.807) is 13.2 Å². The summed E-state index contributed by atoms with van der Waals surface area (Å²) in [7, 11) is 1.59. The molecule has 0 radical (unpaired) electrons. The van der Waals surface area contributed by atoms with Crippen molar-refractivity contribution in [2.75, 3.05) is 7.05 Å². The maximum Gasteiger partial charge on any atom is 0.287 e. The van der Waals surface area contributed by atoms with Gasteiger partial charge in [-0.2, -0.15) is 0 Å². The normalized spacial score (nSPS) is 22.6. The molecular weight excluding hydrogens is 210 g/mol. The molecule has 1 aromatic heterocycles. The lowest BCUT2D eigenvalue weighted by Crippen LogP contribution is -2.20. The molecule has 1 heterocycles. The molecule has 16 heavy (non-hydrogen) atoms. The second-order valence-electron chi connectivity index (χ2n) is 3.80.